The van der Waals surface area contributed by atoms with E-state index in [0.29, 0.717) is 6.42 Å². The fourth-order valence-corrected chi connectivity index (χ4v) is 10.3. The van der Waals surface area contributed by atoms with E-state index in [1.165, 1.54) is 15.9 Å². The number of hydrogen-bond donors (Lipinski definition) is 5. The number of aliphatic hydroxyl groups excluding tert-OH is 1. The summed E-state index contributed by atoms with van der Waals surface area (Å²) in [4.78, 5) is 49.9. The Kier molecular flexibility index (Phi) is 17.3. The van der Waals surface area contributed by atoms with Crippen molar-refractivity contribution in [1.29, 1.82) is 0 Å². The summed E-state index contributed by atoms with van der Waals surface area (Å²) in [5, 5.41) is 22.4. The third kappa shape index (κ3) is 12.3. The molecule has 12 heteroatoms. The molecule has 3 aromatic carbocycles. The molecule has 0 aliphatic rings. The lowest BCUT2D eigenvalue weighted by Gasteiger charge is -2.27. The first-order chi connectivity index (χ1) is 23.7. The molecule has 0 aliphatic carbocycles. The van der Waals surface area contributed by atoms with Gasteiger partial charge in [-0.1, -0.05) is 54.6 Å². The van der Waals surface area contributed by atoms with E-state index in [0.717, 1.165) is 12.6 Å². The maximum absolute atomic E-state index is 13.1. The van der Waals surface area contributed by atoms with Gasteiger partial charge >= 0.3 is 11.9 Å². The average Bonchev–Trinajstić information content (AvgIpc) is 3.12. The molecule has 0 spiro atoms. The Balaban J connectivity index is 1.61. The molecule has 4 N–H and O–H groups in total. The number of unbranched alkanes of at least 4 members (excludes halogenated alkanes) is 1. The lowest BCUT2D eigenvalue weighted by molar-refractivity contribution is -0.147. The molecule has 3 atom stereocenters. The van der Waals surface area contributed by atoms with Gasteiger partial charge in [0.05, 0.1) is 25.4 Å². The second-order valence-electron chi connectivity index (χ2n) is 11.4. The lowest BCUT2D eigenvalue weighted by Crippen LogP contribution is -2.51. The molecule has 10 nitrogen and oxygen atoms in total. The van der Waals surface area contributed by atoms with E-state index >= 15 is 0 Å². The number of amides is 2. The Morgan fingerprint density at radius 1 is 0.755 bits per heavy atom. The lowest BCUT2D eigenvalue weighted by atomic mass is 10.1. The zero-order valence-corrected chi connectivity index (χ0v) is 30.0. The minimum Gasteiger partial charge on any atom is -0.465 e. The van der Waals surface area contributed by atoms with Crippen LogP contribution >= 0.6 is 19.9 Å². The molecule has 0 saturated heterocycles. The summed E-state index contributed by atoms with van der Waals surface area (Å²) in [7, 11) is -2.02. The molecular formula is C37H49N3O7PS+. The predicted molar refractivity (Wildman–Crippen MR) is 198 cm³/mol. The summed E-state index contributed by atoms with van der Waals surface area (Å²) in [6.07, 6.45) is 1.42. The molecule has 0 radical (unpaired) electrons. The van der Waals surface area contributed by atoms with Gasteiger partial charge in [-0.2, -0.15) is 12.6 Å². The van der Waals surface area contributed by atoms with Crippen molar-refractivity contribution in [3.63, 3.8) is 0 Å². The first-order valence-corrected chi connectivity index (χ1v) is 19.3. The van der Waals surface area contributed by atoms with Gasteiger partial charge in [-0.3, -0.25) is 19.7 Å². The van der Waals surface area contributed by atoms with E-state index in [4.69, 9.17) is 9.47 Å². The number of carbonyl (C=O) groups is 4. The van der Waals surface area contributed by atoms with E-state index in [9.17, 15) is 24.3 Å². The van der Waals surface area contributed by atoms with Crippen LogP contribution in [0.2, 0.25) is 0 Å². The SMILES string of the molecule is CCOC(=O)CNC(=O)[C@@H](CS)NC(O)CC[C@@H](NC(=O)CCCC[P+](c1ccccc1)(c1ccccc1)c1ccccc1)C(=O)OCC. The standard InChI is InChI=1S/C37H48N3O7PS/c1-3-46-35(43)26-38-36(44)32(27-49)40-34(42)24-23-31(37(45)47-4-2)39-33(41)22-14-15-25-48(28-16-8-5-9-17-28,29-18-10-6-11-19-29)30-20-12-7-13-21-30/h5-13,16-21,31-32,34,40,42H,3-4,14-15,22-27H2,1-2H3,(H2-,38,39,41,44,49)/p+1/t31-,32-,34?/m1/s1. The quantitative estimate of drug-likeness (QED) is 0.0374. The molecule has 0 aromatic heterocycles. The zero-order chi connectivity index (χ0) is 35.5. The highest BCUT2D eigenvalue weighted by Crippen LogP contribution is 2.55. The van der Waals surface area contributed by atoms with Crippen LogP contribution in [0.1, 0.15) is 46.0 Å². The van der Waals surface area contributed by atoms with Gasteiger partial charge in [0.2, 0.25) is 11.8 Å². The number of benzene rings is 3. The van der Waals surface area contributed by atoms with Gasteiger partial charge in [0, 0.05) is 12.2 Å². The first kappa shape index (κ1) is 39.7. The van der Waals surface area contributed by atoms with E-state index in [2.05, 4.69) is 101 Å². The molecule has 0 heterocycles. The molecule has 0 bridgehead atoms. The minimum atomic E-state index is -2.02. The van der Waals surface area contributed by atoms with Crippen LogP contribution in [0.25, 0.3) is 0 Å². The summed E-state index contributed by atoms with van der Waals surface area (Å²) >= 11 is 4.17. The van der Waals surface area contributed by atoms with E-state index in [1.807, 2.05) is 18.2 Å². The van der Waals surface area contributed by atoms with Crippen LogP contribution in [0.4, 0.5) is 0 Å². The fraction of sp³-hybridized carbons (Fsp3) is 0.405. The largest absolute Gasteiger partial charge is 0.465 e. The number of thiol groups is 1. The Morgan fingerprint density at radius 3 is 1.78 bits per heavy atom. The van der Waals surface area contributed by atoms with Crippen LogP contribution in [-0.4, -0.2) is 78.8 Å². The first-order valence-electron chi connectivity index (χ1n) is 16.7. The van der Waals surface area contributed by atoms with Gasteiger partial charge in [-0.05, 0) is 75.9 Å². The normalized spacial score (nSPS) is 13.1. The van der Waals surface area contributed by atoms with Gasteiger partial charge in [-0.25, -0.2) is 4.79 Å². The molecule has 0 fully saturated rings. The summed E-state index contributed by atoms with van der Waals surface area (Å²) < 4.78 is 10.0. The third-order valence-corrected chi connectivity index (χ3v) is 12.9. The number of ether oxygens (including phenoxy) is 2. The monoisotopic (exact) mass is 710 g/mol. The van der Waals surface area contributed by atoms with Crippen LogP contribution in [0.3, 0.4) is 0 Å². The Morgan fingerprint density at radius 2 is 1.29 bits per heavy atom. The molecule has 0 saturated carbocycles. The number of hydrogen-bond acceptors (Lipinski definition) is 9. The molecule has 1 unspecified atom stereocenters. The number of carbonyl (C=O) groups excluding carboxylic acids is 4. The van der Waals surface area contributed by atoms with Crippen molar-refractivity contribution in [3.8, 4) is 0 Å². The van der Waals surface area contributed by atoms with Crippen LogP contribution in [0.15, 0.2) is 91.0 Å². The molecule has 264 valence electrons. The second kappa shape index (κ2) is 21.4. The Bertz CT molecular complexity index is 1350. The molecular weight excluding hydrogens is 661 g/mol. The molecule has 3 aromatic rings. The highest BCUT2D eigenvalue weighted by atomic mass is 32.1. The molecule has 49 heavy (non-hydrogen) atoms. The fourth-order valence-electron chi connectivity index (χ4n) is 5.62. The van der Waals surface area contributed by atoms with Crippen molar-refractivity contribution in [1.82, 2.24) is 16.0 Å². The Hall–Kier alpha value is -3.76. The summed E-state index contributed by atoms with van der Waals surface area (Å²) in [5.74, 6) is -1.94. The number of nitrogens with one attached hydrogen (secondary N) is 3. The van der Waals surface area contributed by atoms with Gasteiger partial charge in [0.15, 0.2) is 0 Å². The van der Waals surface area contributed by atoms with Crippen molar-refractivity contribution >= 4 is 59.6 Å². The average molecular weight is 711 g/mol. The van der Waals surface area contributed by atoms with Crippen molar-refractivity contribution in [2.75, 3.05) is 31.7 Å². The van der Waals surface area contributed by atoms with Crippen molar-refractivity contribution < 1.29 is 33.8 Å². The zero-order valence-electron chi connectivity index (χ0n) is 28.3. The van der Waals surface area contributed by atoms with Gasteiger partial charge in [-0.15, -0.1) is 0 Å². The van der Waals surface area contributed by atoms with Crippen LogP contribution < -0.4 is 31.9 Å². The van der Waals surface area contributed by atoms with Crippen LogP contribution in [-0.2, 0) is 28.7 Å². The summed E-state index contributed by atoms with van der Waals surface area (Å²) in [5.41, 5.74) is 0. The third-order valence-electron chi connectivity index (χ3n) is 7.98. The molecule has 3 rings (SSSR count). The highest BCUT2D eigenvalue weighted by molar-refractivity contribution is 7.95. The van der Waals surface area contributed by atoms with Crippen LogP contribution in [0, 0.1) is 0 Å². The van der Waals surface area contributed by atoms with Gasteiger partial charge in [0.25, 0.3) is 0 Å². The van der Waals surface area contributed by atoms with E-state index < -0.39 is 43.4 Å². The van der Waals surface area contributed by atoms with Gasteiger partial charge < -0.3 is 25.2 Å². The van der Waals surface area contributed by atoms with Gasteiger partial charge in [0.1, 0.15) is 42.0 Å². The van der Waals surface area contributed by atoms with Crippen LogP contribution in [0.5, 0.6) is 0 Å². The second-order valence-corrected chi connectivity index (χ2v) is 15.4. The number of rotatable bonds is 21. The summed E-state index contributed by atoms with van der Waals surface area (Å²) in [6, 6.07) is 29.8. The van der Waals surface area contributed by atoms with E-state index in [-0.39, 0.29) is 50.7 Å². The smallest absolute Gasteiger partial charge is 0.328 e. The maximum atomic E-state index is 13.1. The number of esters is 2. The maximum Gasteiger partial charge on any atom is 0.328 e. The summed E-state index contributed by atoms with van der Waals surface area (Å²) in [6.45, 7) is 3.37. The topological polar surface area (TPSA) is 143 Å². The molecule has 2 amide bonds. The number of aliphatic hydroxyl groups is 1. The van der Waals surface area contributed by atoms with Crippen molar-refractivity contribution in [2.24, 2.45) is 0 Å². The minimum absolute atomic E-state index is 0.0391. The van der Waals surface area contributed by atoms with Crippen molar-refractivity contribution in [2.45, 2.75) is 64.3 Å². The predicted octanol–water partition coefficient (Wildman–Crippen LogP) is 2.86. The highest BCUT2D eigenvalue weighted by Gasteiger charge is 2.44. The van der Waals surface area contributed by atoms with E-state index in [1.54, 1.807) is 13.8 Å². The Labute approximate surface area is 295 Å². The molecule has 0 aliphatic heterocycles. The van der Waals surface area contributed by atoms with Crippen molar-refractivity contribution in [3.05, 3.63) is 91.0 Å².